The molecule has 2 aliphatic heterocycles. The van der Waals surface area contributed by atoms with E-state index in [1.807, 2.05) is 30.3 Å². The van der Waals surface area contributed by atoms with Crippen molar-refractivity contribution in [3.05, 3.63) is 95.1 Å². The second kappa shape index (κ2) is 9.47. The smallest absolute Gasteiger partial charge is 0.382 e. The second-order valence-corrected chi connectivity index (χ2v) is 10.6. The van der Waals surface area contributed by atoms with Crippen LogP contribution in [0.2, 0.25) is 0 Å². The van der Waals surface area contributed by atoms with Crippen LogP contribution in [0.15, 0.2) is 72.8 Å². The lowest BCUT2D eigenvalue weighted by Gasteiger charge is -2.33. The van der Waals surface area contributed by atoms with Gasteiger partial charge in [-0.3, -0.25) is 0 Å². The van der Waals surface area contributed by atoms with Gasteiger partial charge in [-0.25, -0.2) is 0 Å². The predicted molar refractivity (Wildman–Crippen MR) is 139 cm³/mol. The average Bonchev–Trinajstić information content (AvgIpc) is 3.41. The van der Waals surface area contributed by atoms with E-state index in [1.165, 1.54) is 0 Å². The zero-order chi connectivity index (χ0) is 25.5. The maximum atomic E-state index is 13.4. The van der Waals surface area contributed by atoms with E-state index in [0.29, 0.717) is 18.9 Å². The van der Waals surface area contributed by atoms with Crippen molar-refractivity contribution >= 4 is 11.4 Å². The highest BCUT2D eigenvalue weighted by Gasteiger charge is 2.47. The van der Waals surface area contributed by atoms with Crippen LogP contribution in [0.1, 0.15) is 35.6 Å². The number of aliphatic hydroxyl groups is 1. The molecule has 1 saturated heterocycles. The summed E-state index contributed by atoms with van der Waals surface area (Å²) in [7, 11) is 0. The van der Waals surface area contributed by atoms with E-state index < -0.39 is 24.2 Å². The largest absolute Gasteiger partial charge is 0.416 e. The summed E-state index contributed by atoms with van der Waals surface area (Å²) < 4.78 is 40.1. The Morgan fingerprint density at radius 1 is 1.03 bits per heavy atom. The van der Waals surface area contributed by atoms with E-state index in [4.69, 9.17) is 0 Å². The van der Waals surface area contributed by atoms with Gasteiger partial charge in [0.15, 0.2) is 6.10 Å². The number of hydrogen-bond donors (Lipinski definition) is 1. The minimum Gasteiger partial charge on any atom is -0.382 e. The third kappa shape index (κ3) is 4.71. The molecule has 0 aromatic heterocycles. The molecule has 3 aromatic carbocycles. The lowest BCUT2D eigenvalue weighted by Crippen LogP contribution is -2.44. The van der Waals surface area contributed by atoms with Gasteiger partial charge < -0.3 is 14.9 Å². The molecule has 6 heteroatoms. The SMILES string of the molecule is Cc1cccc(CC2(c3cccc(N4CC[C@@H](C)C4)c3)CN(C[C@@H](O)C(F)(F)F)c3ccccc32)c1. The van der Waals surface area contributed by atoms with Crippen molar-refractivity contribution in [2.45, 2.75) is 44.4 Å². The number of nitrogens with zero attached hydrogens (tertiary/aromatic N) is 2. The van der Waals surface area contributed by atoms with E-state index >= 15 is 0 Å². The number of aryl methyl sites for hydroxylation is 1. The van der Waals surface area contributed by atoms with Gasteiger partial charge in [-0.2, -0.15) is 13.2 Å². The van der Waals surface area contributed by atoms with Crippen molar-refractivity contribution in [2.75, 3.05) is 36.0 Å². The molecule has 1 unspecified atom stereocenters. The normalized spacial score (nSPS) is 22.7. The molecule has 0 spiro atoms. The van der Waals surface area contributed by atoms with Crippen LogP contribution in [0, 0.1) is 12.8 Å². The summed E-state index contributed by atoms with van der Waals surface area (Å²) in [4.78, 5) is 4.12. The first-order chi connectivity index (χ1) is 17.2. The van der Waals surface area contributed by atoms with Crippen LogP contribution in [0.4, 0.5) is 24.5 Å². The van der Waals surface area contributed by atoms with Crippen molar-refractivity contribution in [3.8, 4) is 0 Å². The molecule has 190 valence electrons. The van der Waals surface area contributed by atoms with Gasteiger partial charge in [0.25, 0.3) is 0 Å². The number of β-amino-alcohol motifs (C(OH)–C–C–N with tert-alkyl or cyclic N) is 1. The van der Waals surface area contributed by atoms with Crippen molar-refractivity contribution in [2.24, 2.45) is 5.92 Å². The number of halogens is 3. The highest BCUT2D eigenvalue weighted by atomic mass is 19.4. The van der Waals surface area contributed by atoms with Crippen LogP contribution in [0.3, 0.4) is 0 Å². The minimum atomic E-state index is -4.66. The second-order valence-electron chi connectivity index (χ2n) is 10.6. The van der Waals surface area contributed by atoms with Gasteiger partial charge >= 0.3 is 6.18 Å². The monoisotopic (exact) mass is 494 g/mol. The van der Waals surface area contributed by atoms with Crippen LogP contribution in [-0.4, -0.2) is 43.6 Å². The van der Waals surface area contributed by atoms with Crippen LogP contribution in [-0.2, 0) is 11.8 Å². The number of anilines is 2. The molecule has 0 saturated carbocycles. The molecule has 3 nitrogen and oxygen atoms in total. The molecule has 5 rings (SSSR count). The summed E-state index contributed by atoms with van der Waals surface area (Å²) in [6.07, 6.45) is -5.25. The van der Waals surface area contributed by atoms with Gasteiger partial charge in [0.2, 0.25) is 0 Å². The van der Waals surface area contributed by atoms with Crippen molar-refractivity contribution in [1.82, 2.24) is 0 Å². The number of para-hydroxylation sites is 1. The number of aliphatic hydroxyl groups excluding tert-OH is 1. The van der Waals surface area contributed by atoms with Crippen molar-refractivity contribution < 1.29 is 18.3 Å². The average molecular weight is 495 g/mol. The van der Waals surface area contributed by atoms with Gasteiger partial charge in [0.05, 0.1) is 6.54 Å². The molecule has 0 amide bonds. The number of rotatable bonds is 6. The first-order valence-corrected chi connectivity index (χ1v) is 12.7. The zero-order valence-corrected chi connectivity index (χ0v) is 20.8. The molecule has 0 bridgehead atoms. The fourth-order valence-corrected chi connectivity index (χ4v) is 5.97. The van der Waals surface area contributed by atoms with Crippen molar-refractivity contribution in [3.63, 3.8) is 0 Å². The molecular formula is C30H33F3N2O. The Bertz CT molecular complexity index is 1230. The first kappa shape index (κ1) is 24.7. The highest BCUT2D eigenvalue weighted by molar-refractivity contribution is 5.68. The predicted octanol–water partition coefficient (Wildman–Crippen LogP) is 6.11. The van der Waals surface area contributed by atoms with Crippen LogP contribution < -0.4 is 9.80 Å². The molecule has 3 aromatic rings. The topological polar surface area (TPSA) is 26.7 Å². The van der Waals surface area contributed by atoms with E-state index in [-0.39, 0.29) is 0 Å². The zero-order valence-electron chi connectivity index (χ0n) is 20.8. The Hall–Kier alpha value is -2.99. The van der Waals surface area contributed by atoms with E-state index in [2.05, 4.69) is 61.2 Å². The first-order valence-electron chi connectivity index (χ1n) is 12.7. The number of alkyl halides is 3. The Kier molecular flexibility index (Phi) is 6.50. The van der Waals surface area contributed by atoms with Gasteiger partial charge in [-0.05, 0) is 60.6 Å². The summed E-state index contributed by atoms with van der Waals surface area (Å²) in [5.74, 6) is 0.640. The maximum absolute atomic E-state index is 13.4. The lowest BCUT2D eigenvalue weighted by atomic mass is 9.71. The van der Waals surface area contributed by atoms with Crippen LogP contribution in [0.25, 0.3) is 0 Å². The van der Waals surface area contributed by atoms with Gasteiger partial charge in [0.1, 0.15) is 0 Å². The molecule has 0 radical (unpaired) electrons. The Balaban J connectivity index is 1.61. The Morgan fingerprint density at radius 2 is 1.81 bits per heavy atom. The molecule has 2 aliphatic rings. The number of fused-ring (bicyclic) bond motifs is 1. The quantitative estimate of drug-likeness (QED) is 0.448. The van der Waals surface area contributed by atoms with E-state index in [9.17, 15) is 18.3 Å². The maximum Gasteiger partial charge on any atom is 0.416 e. The molecule has 3 atom stereocenters. The van der Waals surface area contributed by atoms with Crippen molar-refractivity contribution in [1.29, 1.82) is 0 Å². The fraction of sp³-hybridized carbons (Fsp3) is 0.400. The summed E-state index contributed by atoms with van der Waals surface area (Å²) in [5.41, 5.74) is 5.77. The molecule has 1 N–H and O–H groups in total. The Morgan fingerprint density at radius 3 is 2.53 bits per heavy atom. The highest BCUT2D eigenvalue weighted by Crippen LogP contribution is 2.48. The lowest BCUT2D eigenvalue weighted by molar-refractivity contribution is -0.200. The molecule has 36 heavy (non-hydrogen) atoms. The minimum absolute atomic E-state index is 0.368. The summed E-state index contributed by atoms with van der Waals surface area (Å²) >= 11 is 0. The van der Waals surface area contributed by atoms with E-state index in [0.717, 1.165) is 53.1 Å². The van der Waals surface area contributed by atoms with Gasteiger partial charge in [-0.1, -0.05) is 67.1 Å². The summed E-state index contributed by atoms with van der Waals surface area (Å²) in [6, 6.07) is 24.6. The van der Waals surface area contributed by atoms with Crippen LogP contribution in [0.5, 0.6) is 0 Å². The van der Waals surface area contributed by atoms with E-state index in [1.54, 1.807) is 4.90 Å². The van der Waals surface area contributed by atoms with Gasteiger partial charge in [-0.15, -0.1) is 0 Å². The summed E-state index contributed by atoms with van der Waals surface area (Å²) in [5, 5.41) is 9.98. The number of hydrogen-bond acceptors (Lipinski definition) is 3. The fourth-order valence-electron chi connectivity index (χ4n) is 5.97. The number of benzene rings is 3. The molecule has 2 heterocycles. The third-order valence-electron chi connectivity index (χ3n) is 7.77. The summed E-state index contributed by atoms with van der Waals surface area (Å²) in [6.45, 7) is 6.22. The van der Waals surface area contributed by atoms with Crippen LogP contribution >= 0.6 is 0 Å². The third-order valence-corrected chi connectivity index (χ3v) is 7.77. The van der Waals surface area contributed by atoms with Gasteiger partial charge in [0, 0.05) is 36.4 Å². The molecular weight excluding hydrogens is 461 g/mol. The Labute approximate surface area is 211 Å². The molecule has 0 aliphatic carbocycles. The standard InChI is InChI=1S/C30H33F3N2O/c1-21-7-5-8-23(15-21)17-29(24-9-6-10-25(16-24)34-14-13-22(2)18-34)20-35(19-28(36)30(31,32)33)27-12-4-3-11-26(27)29/h3-12,15-16,22,28,36H,13-14,17-20H2,1-2H3/t22-,28-,29?/m1/s1. The molecule has 1 fully saturated rings.